The average Bonchev–Trinajstić information content (AvgIpc) is 3.00. The first-order valence-electron chi connectivity index (χ1n) is 7.62. The highest BCUT2D eigenvalue weighted by atomic mass is 35.5. The van der Waals surface area contributed by atoms with Gasteiger partial charge in [-0.25, -0.2) is 8.42 Å². The fraction of sp³-hybridized carbons (Fsp3) is 0.533. The normalized spacial score (nSPS) is 15.5. The molecular formula is C15H18ClF3N2O3S. The molecule has 1 saturated heterocycles. The van der Waals surface area contributed by atoms with Crippen LogP contribution in [0.25, 0.3) is 0 Å². The van der Waals surface area contributed by atoms with Crippen molar-refractivity contribution < 1.29 is 26.4 Å². The Labute approximate surface area is 149 Å². The number of halogens is 4. The molecule has 0 bridgehead atoms. The standard InChI is InChI=1S/C15H18ClF3N2O3S/c1-25(23,24)21(9-6-14(22)20-7-2-3-8-20)11-4-5-13(16)12(10-11)15(17,18)19/h4-5,10H,2-3,6-9H2,1H3. The summed E-state index contributed by atoms with van der Waals surface area (Å²) in [6.45, 7) is 1.01. The van der Waals surface area contributed by atoms with Gasteiger partial charge in [-0.1, -0.05) is 11.6 Å². The van der Waals surface area contributed by atoms with Gasteiger partial charge in [0.1, 0.15) is 0 Å². The van der Waals surface area contributed by atoms with E-state index in [-0.39, 0.29) is 24.6 Å². The second-order valence-electron chi connectivity index (χ2n) is 5.83. The van der Waals surface area contributed by atoms with Crippen LogP contribution in [-0.2, 0) is 21.0 Å². The summed E-state index contributed by atoms with van der Waals surface area (Å²) in [5.41, 5.74) is -1.29. The van der Waals surface area contributed by atoms with Gasteiger partial charge in [-0.3, -0.25) is 9.10 Å². The monoisotopic (exact) mass is 398 g/mol. The molecule has 1 aliphatic rings. The number of sulfonamides is 1. The minimum Gasteiger partial charge on any atom is -0.343 e. The molecule has 140 valence electrons. The molecule has 0 aliphatic carbocycles. The summed E-state index contributed by atoms with van der Waals surface area (Å²) in [6, 6.07) is 2.88. The number of alkyl halides is 3. The van der Waals surface area contributed by atoms with Crippen LogP contribution < -0.4 is 4.31 Å². The summed E-state index contributed by atoms with van der Waals surface area (Å²) in [7, 11) is -3.86. The molecular weight excluding hydrogens is 381 g/mol. The number of carbonyl (C=O) groups excluding carboxylic acids is 1. The molecule has 1 aliphatic heterocycles. The minimum absolute atomic E-state index is 0.100. The zero-order chi connectivity index (χ0) is 18.8. The topological polar surface area (TPSA) is 57.7 Å². The summed E-state index contributed by atoms with van der Waals surface area (Å²) in [4.78, 5) is 13.7. The SMILES string of the molecule is CS(=O)(=O)N(CCC(=O)N1CCCC1)c1ccc(Cl)c(C(F)(F)F)c1. The number of hydrogen-bond donors (Lipinski definition) is 0. The molecule has 1 fully saturated rings. The van der Waals surface area contributed by atoms with Crippen LogP contribution in [0.1, 0.15) is 24.8 Å². The molecule has 5 nitrogen and oxygen atoms in total. The summed E-state index contributed by atoms with van der Waals surface area (Å²) in [5, 5.41) is -0.516. The largest absolute Gasteiger partial charge is 0.417 e. The first kappa shape index (κ1) is 19.8. The molecule has 1 heterocycles. The predicted octanol–water partition coefficient (Wildman–Crippen LogP) is 3.14. The third-order valence-corrected chi connectivity index (χ3v) is 5.45. The smallest absolute Gasteiger partial charge is 0.343 e. The summed E-state index contributed by atoms with van der Waals surface area (Å²) in [5.74, 6) is -0.212. The van der Waals surface area contributed by atoms with E-state index in [1.54, 1.807) is 4.90 Å². The van der Waals surface area contributed by atoms with Crippen LogP contribution in [0, 0.1) is 0 Å². The second kappa shape index (κ2) is 7.41. The Kier molecular flexibility index (Phi) is 5.88. The van der Waals surface area contributed by atoms with Crippen molar-refractivity contribution in [3.8, 4) is 0 Å². The fourth-order valence-corrected chi connectivity index (χ4v) is 3.84. The maximum Gasteiger partial charge on any atom is 0.417 e. The van der Waals surface area contributed by atoms with E-state index in [1.807, 2.05) is 0 Å². The van der Waals surface area contributed by atoms with Crippen molar-refractivity contribution in [2.24, 2.45) is 0 Å². The van der Waals surface area contributed by atoms with E-state index >= 15 is 0 Å². The summed E-state index contributed by atoms with van der Waals surface area (Å²) in [6.07, 6.45) is -2.13. The van der Waals surface area contributed by atoms with Gasteiger partial charge in [-0.2, -0.15) is 13.2 Å². The molecule has 0 atom stereocenters. The van der Waals surface area contributed by atoms with Gasteiger partial charge in [0.15, 0.2) is 0 Å². The van der Waals surface area contributed by atoms with Crippen LogP contribution in [0.3, 0.4) is 0 Å². The molecule has 1 amide bonds. The van der Waals surface area contributed by atoms with E-state index in [0.717, 1.165) is 29.5 Å². The van der Waals surface area contributed by atoms with Gasteiger partial charge in [0.05, 0.1) is 22.5 Å². The Bertz CT molecular complexity index is 747. The molecule has 0 radical (unpaired) electrons. The molecule has 25 heavy (non-hydrogen) atoms. The maximum absolute atomic E-state index is 13.0. The summed E-state index contributed by atoms with van der Waals surface area (Å²) >= 11 is 5.56. The van der Waals surface area contributed by atoms with Crippen molar-refractivity contribution in [2.75, 3.05) is 30.2 Å². The lowest BCUT2D eigenvalue weighted by Gasteiger charge is -2.24. The van der Waals surface area contributed by atoms with Crippen LogP contribution in [-0.4, -0.2) is 45.1 Å². The van der Waals surface area contributed by atoms with Crippen molar-refractivity contribution in [1.29, 1.82) is 0 Å². The fourth-order valence-electron chi connectivity index (χ4n) is 2.69. The van der Waals surface area contributed by atoms with Gasteiger partial charge >= 0.3 is 6.18 Å². The Hall–Kier alpha value is -1.48. The predicted molar refractivity (Wildman–Crippen MR) is 89.1 cm³/mol. The average molecular weight is 399 g/mol. The molecule has 10 heteroatoms. The van der Waals surface area contributed by atoms with E-state index in [4.69, 9.17) is 11.6 Å². The number of hydrogen-bond acceptors (Lipinski definition) is 3. The van der Waals surface area contributed by atoms with E-state index in [1.165, 1.54) is 6.07 Å². The van der Waals surface area contributed by atoms with Crippen molar-refractivity contribution >= 4 is 33.2 Å². The number of amides is 1. The molecule has 0 aromatic heterocycles. The minimum atomic E-state index is -4.71. The first-order chi connectivity index (χ1) is 11.5. The summed E-state index contributed by atoms with van der Waals surface area (Å²) < 4.78 is 63.8. The first-order valence-corrected chi connectivity index (χ1v) is 9.85. The third-order valence-electron chi connectivity index (χ3n) is 3.93. The van der Waals surface area contributed by atoms with Gasteiger partial charge in [0.2, 0.25) is 15.9 Å². The highest BCUT2D eigenvalue weighted by Crippen LogP contribution is 2.37. The lowest BCUT2D eigenvalue weighted by molar-refractivity contribution is -0.137. The highest BCUT2D eigenvalue weighted by molar-refractivity contribution is 7.92. The van der Waals surface area contributed by atoms with Crippen molar-refractivity contribution in [2.45, 2.75) is 25.4 Å². The molecule has 0 N–H and O–H groups in total. The number of anilines is 1. The zero-order valence-electron chi connectivity index (χ0n) is 13.5. The van der Waals surface area contributed by atoms with Gasteiger partial charge < -0.3 is 4.90 Å². The molecule has 2 rings (SSSR count). The number of likely N-dealkylation sites (tertiary alicyclic amines) is 1. The van der Waals surface area contributed by atoms with Crippen LogP contribution in [0.2, 0.25) is 5.02 Å². The molecule has 0 unspecified atom stereocenters. The van der Waals surface area contributed by atoms with Gasteiger partial charge in [-0.05, 0) is 31.0 Å². The van der Waals surface area contributed by atoms with Crippen LogP contribution >= 0.6 is 11.6 Å². The van der Waals surface area contributed by atoms with Crippen molar-refractivity contribution in [1.82, 2.24) is 4.90 Å². The number of benzene rings is 1. The van der Waals surface area contributed by atoms with E-state index in [0.29, 0.717) is 19.2 Å². The Morgan fingerprint density at radius 2 is 1.88 bits per heavy atom. The van der Waals surface area contributed by atoms with Crippen molar-refractivity contribution in [3.05, 3.63) is 28.8 Å². The zero-order valence-corrected chi connectivity index (χ0v) is 15.1. The highest BCUT2D eigenvalue weighted by Gasteiger charge is 2.34. The Balaban J connectivity index is 2.25. The number of carbonyl (C=O) groups is 1. The lowest BCUT2D eigenvalue weighted by atomic mass is 10.2. The molecule has 1 aromatic carbocycles. The Morgan fingerprint density at radius 1 is 1.28 bits per heavy atom. The van der Waals surface area contributed by atoms with E-state index < -0.39 is 26.8 Å². The van der Waals surface area contributed by atoms with Crippen molar-refractivity contribution in [3.63, 3.8) is 0 Å². The van der Waals surface area contributed by atoms with E-state index in [2.05, 4.69) is 0 Å². The van der Waals surface area contributed by atoms with E-state index in [9.17, 15) is 26.4 Å². The van der Waals surface area contributed by atoms with Gasteiger partial charge in [0, 0.05) is 26.1 Å². The lowest BCUT2D eigenvalue weighted by Crippen LogP contribution is -2.35. The number of nitrogens with zero attached hydrogens (tertiary/aromatic N) is 2. The third kappa shape index (κ3) is 5.01. The van der Waals surface area contributed by atoms with Crippen LogP contribution in [0.5, 0.6) is 0 Å². The molecule has 1 aromatic rings. The van der Waals surface area contributed by atoms with Gasteiger partial charge in [-0.15, -0.1) is 0 Å². The second-order valence-corrected chi connectivity index (χ2v) is 8.15. The Morgan fingerprint density at radius 3 is 2.40 bits per heavy atom. The quantitative estimate of drug-likeness (QED) is 0.765. The van der Waals surface area contributed by atoms with Crippen LogP contribution in [0.15, 0.2) is 18.2 Å². The molecule has 0 saturated carbocycles. The number of rotatable bonds is 5. The van der Waals surface area contributed by atoms with Gasteiger partial charge in [0.25, 0.3) is 0 Å². The maximum atomic E-state index is 13.0. The van der Waals surface area contributed by atoms with Crippen LogP contribution in [0.4, 0.5) is 18.9 Å². The molecule has 0 spiro atoms.